The molecule has 0 saturated heterocycles. The first-order chi connectivity index (χ1) is 9.52. The zero-order chi connectivity index (χ0) is 14.5. The molecule has 20 heavy (non-hydrogen) atoms. The molecule has 0 fully saturated rings. The van der Waals surface area contributed by atoms with E-state index in [0.29, 0.717) is 4.47 Å². The zero-order valence-electron chi connectivity index (χ0n) is 9.96. The van der Waals surface area contributed by atoms with Gasteiger partial charge in [-0.2, -0.15) is 0 Å². The van der Waals surface area contributed by atoms with Crippen molar-refractivity contribution in [3.63, 3.8) is 0 Å². The Morgan fingerprint density at radius 1 is 1.45 bits per heavy atom. The molecule has 2 aromatic heterocycles. The lowest BCUT2D eigenvalue weighted by Crippen LogP contribution is -2.17. The predicted molar refractivity (Wildman–Crippen MR) is 78.4 cm³/mol. The highest BCUT2D eigenvalue weighted by molar-refractivity contribution is 9.10. The van der Waals surface area contributed by atoms with Crippen LogP contribution in [0, 0.1) is 0 Å². The number of anilines is 2. The summed E-state index contributed by atoms with van der Waals surface area (Å²) >= 11 is 4.25. The molecule has 2 rings (SSSR count). The van der Waals surface area contributed by atoms with Gasteiger partial charge in [0, 0.05) is 18.5 Å². The van der Waals surface area contributed by atoms with E-state index in [9.17, 15) is 9.59 Å². The summed E-state index contributed by atoms with van der Waals surface area (Å²) in [4.78, 5) is 37.0. The van der Waals surface area contributed by atoms with Crippen molar-refractivity contribution in [3.05, 3.63) is 33.3 Å². The number of hydrogen-bond donors (Lipinski definition) is 3. The maximum Gasteiger partial charge on any atom is 0.253 e. The average Bonchev–Trinajstić information content (AvgIpc) is 2.38. The Kier molecular flexibility index (Phi) is 4.69. The zero-order valence-corrected chi connectivity index (χ0v) is 12.4. The van der Waals surface area contributed by atoms with E-state index in [1.54, 1.807) is 0 Å². The summed E-state index contributed by atoms with van der Waals surface area (Å²) in [5.41, 5.74) is 5.07. The molecule has 0 saturated carbocycles. The predicted octanol–water partition coefficient (Wildman–Crippen LogP) is 0.635. The number of hydrogen-bond acceptors (Lipinski definition) is 7. The van der Waals surface area contributed by atoms with Crippen LogP contribution in [0.2, 0.25) is 0 Å². The van der Waals surface area contributed by atoms with Crippen molar-refractivity contribution in [3.8, 4) is 0 Å². The summed E-state index contributed by atoms with van der Waals surface area (Å²) in [6, 6.07) is 1.17. The van der Waals surface area contributed by atoms with E-state index in [1.165, 1.54) is 18.5 Å². The SMILES string of the molecule is Nc1cc(=O)[nH]c(SCC(=O)Nc2ncc(Br)cn2)n1. The fourth-order valence-electron chi connectivity index (χ4n) is 1.19. The summed E-state index contributed by atoms with van der Waals surface area (Å²) in [7, 11) is 0. The average molecular weight is 357 g/mol. The van der Waals surface area contributed by atoms with E-state index in [4.69, 9.17) is 5.73 Å². The fourth-order valence-corrected chi connectivity index (χ4v) is 2.08. The van der Waals surface area contributed by atoms with Crippen molar-refractivity contribution in [2.75, 3.05) is 16.8 Å². The Bertz CT molecular complexity index is 674. The van der Waals surface area contributed by atoms with E-state index in [0.717, 1.165) is 11.8 Å². The highest BCUT2D eigenvalue weighted by atomic mass is 79.9. The van der Waals surface area contributed by atoms with Crippen LogP contribution in [-0.2, 0) is 4.79 Å². The number of thioether (sulfide) groups is 1. The molecule has 2 aromatic rings. The summed E-state index contributed by atoms with van der Waals surface area (Å²) < 4.78 is 0.714. The van der Waals surface area contributed by atoms with Gasteiger partial charge in [-0.1, -0.05) is 11.8 Å². The van der Waals surface area contributed by atoms with Crippen LogP contribution in [0.15, 0.2) is 32.9 Å². The number of aromatic nitrogens is 4. The van der Waals surface area contributed by atoms with E-state index in [-0.39, 0.29) is 34.1 Å². The molecule has 8 nitrogen and oxygen atoms in total. The van der Waals surface area contributed by atoms with Crippen LogP contribution < -0.4 is 16.6 Å². The number of nitrogens with zero attached hydrogens (tertiary/aromatic N) is 3. The van der Waals surface area contributed by atoms with Crippen LogP contribution in [0.4, 0.5) is 11.8 Å². The number of carbonyl (C=O) groups excluding carboxylic acids is 1. The van der Waals surface area contributed by atoms with Gasteiger partial charge in [0.15, 0.2) is 5.16 Å². The number of carbonyl (C=O) groups is 1. The normalized spacial score (nSPS) is 10.2. The Balaban J connectivity index is 1.92. The number of halogens is 1. The highest BCUT2D eigenvalue weighted by Crippen LogP contribution is 2.12. The molecular formula is C10H9BrN6O2S. The van der Waals surface area contributed by atoms with Crippen LogP contribution in [0.5, 0.6) is 0 Å². The Labute approximate surface area is 125 Å². The van der Waals surface area contributed by atoms with Crippen molar-refractivity contribution in [1.82, 2.24) is 19.9 Å². The molecule has 0 unspecified atom stereocenters. The number of rotatable bonds is 4. The topological polar surface area (TPSA) is 127 Å². The number of H-pyrrole nitrogens is 1. The molecule has 10 heteroatoms. The van der Waals surface area contributed by atoms with E-state index < -0.39 is 0 Å². The molecule has 1 amide bonds. The van der Waals surface area contributed by atoms with Crippen LogP contribution in [0.25, 0.3) is 0 Å². The van der Waals surface area contributed by atoms with Gasteiger partial charge in [-0.15, -0.1) is 0 Å². The van der Waals surface area contributed by atoms with E-state index >= 15 is 0 Å². The van der Waals surface area contributed by atoms with Crippen LogP contribution >= 0.6 is 27.7 Å². The smallest absolute Gasteiger partial charge is 0.253 e. The van der Waals surface area contributed by atoms with Crippen molar-refractivity contribution < 1.29 is 4.79 Å². The second-order valence-corrected chi connectivity index (χ2v) is 5.42. The first-order valence-electron chi connectivity index (χ1n) is 5.30. The molecule has 0 aliphatic rings. The summed E-state index contributed by atoms with van der Waals surface area (Å²) in [6.45, 7) is 0. The van der Waals surface area contributed by atoms with Crippen molar-refractivity contribution in [2.24, 2.45) is 0 Å². The minimum absolute atomic E-state index is 0.0474. The van der Waals surface area contributed by atoms with Gasteiger partial charge in [-0.3, -0.25) is 14.9 Å². The van der Waals surface area contributed by atoms with E-state index in [1.807, 2.05) is 0 Å². The van der Waals surface area contributed by atoms with Crippen molar-refractivity contribution in [1.29, 1.82) is 0 Å². The molecule has 104 valence electrons. The Morgan fingerprint density at radius 2 is 2.15 bits per heavy atom. The number of aromatic amines is 1. The number of nitrogens with one attached hydrogen (secondary N) is 2. The first-order valence-corrected chi connectivity index (χ1v) is 7.08. The third kappa shape index (κ3) is 4.31. The molecule has 0 spiro atoms. The lowest BCUT2D eigenvalue weighted by Gasteiger charge is -2.03. The fraction of sp³-hybridized carbons (Fsp3) is 0.100. The maximum absolute atomic E-state index is 11.7. The third-order valence-corrected chi connectivity index (χ3v) is 3.23. The van der Waals surface area contributed by atoms with Gasteiger partial charge >= 0.3 is 0 Å². The molecule has 2 heterocycles. The second-order valence-electron chi connectivity index (χ2n) is 3.54. The summed E-state index contributed by atoms with van der Waals surface area (Å²) in [5, 5.41) is 2.79. The molecule has 0 aliphatic heterocycles. The maximum atomic E-state index is 11.7. The largest absolute Gasteiger partial charge is 0.383 e. The van der Waals surface area contributed by atoms with Gasteiger partial charge in [0.2, 0.25) is 11.9 Å². The quantitative estimate of drug-likeness (QED) is 0.541. The van der Waals surface area contributed by atoms with Crippen molar-refractivity contribution in [2.45, 2.75) is 5.16 Å². The lowest BCUT2D eigenvalue weighted by atomic mass is 10.6. The standard InChI is InChI=1S/C10H9BrN6O2S/c11-5-2-13-9(14-3-5)16-8(19)4-20-10-15-6(12)1-7(18)17-10/h1-3H,4H2,(H3,12,15,17,18)(H,13,14,16,19). The first kappa shape index (κ1) is 14.5. The number of amides is 1. The number of nitrogens with two attached hydrogens (primary N) is 1. The van der Waals surface area contributed by atoms with Gasteiger partial charge < -0.3 is 10.7 Å². The van der Waals surface area contributed by atoms with Gasteiger partial charge in [0.05, 0.1) is 10.2 Å². The van der Waals surface area contributed by atoms with Crippen molar-refractivity contribution >= 4 is 45.4 Å². The highest BCUT2D eigenvalue weighted by Gasteiger charge is 2.07. The molecule has 0 aromatic carbocycles. The Morgan fingerprint density at radius 3 is 2.80 bits per heavy atom. The van der Waals surface area contributed by atoms with Gasteiger partial charge in [0.1, 0.15) is 5.82 Å². The molecular weight excluding hydrogens is 348 g/mol. The summed E-state index contributed by atoms with van der Waals surface area (Å²) in [6.07, 6.45) is 3.04. The molecule has 4 N–H and O–H groups in total. The van der Waals surface area contributed by atoms with Gasteiger partial charge in [-0.05, 0) is 15.9 Å². The molecule has 0 aliphatic carbocycles. The summed E-state index contributed by atoms with van der Waals surface area (Å²) in [5.74, 6) is 0.0364. The van der Waals surface area contributed by atoms with Crippen LogP contribution in [0.1, 0.15) is 0 Å². The monoisotopic (exact) mass is 356 g/mol. The third-order valence-electron chi connectivity index (χ3n) is 1.95. The van der Waals surface area contributed by atoms with Gasteiger partial charge in [-0.25, -0.2) is 15.0 Å². The molecule has 0 atom stereocenters. The van der Waals surface area contributed by atoms with E-state index in [2.05, 4.69) is 41.2 Å². The minimum Gasteiger partial charge on any atom is -0.383 e. The van der Waals surface area contributed by atoms with Gasteiger partial charge in [0.25, 0.3) is 5.56 Å². The van der Waals surface area contributed by atoms with Crippen LogP contribution in [0.3, 0.4) is 0 Å². The Hall–Kier alpha value is -1.94. The second kappa shape index (κ2) is 6.48. The molecule has 0 radical (unpaired) electrons. The number of nitrogen functional groups attached to an aromatic ring is 1. The van der Waals surface area contributed by atoms with Crippen LogP contribution in [-0.4, -0.2) is 31.6 Å². The lowest BCUT2D eigenvalue weighted by molar-refractivity contribution is -0.113. The molecule has 0 bridgehead atoms. The minimum atomic E-state index is -0.364.